The highest BCUT2D eigenvalue weighted by atomic mass is 16.5. The van der Waals surface area contributed by atoms with Gasteiger partial charge in [0.1, 0.15) is 0 Å². The predicted octanol–water partition coefficient (Wildman–Crippen LogP) is 2.44. The van der Waals surface area contributed by atoms with E-state index in [0.29, 0.717) is 17.3 Å². The molecule has 2 heterocycles. The van der Waals surface area contributed by atoms with E-state index >= 15 is 0 Å². The van der Waals surface area contributed by atoms with E-state index in [1.54, 1.807) is 24.3 Å². The largest absolute Gasteiger partial charge is 0.397 e. The highest BCUT2D eigenvalue weighted by molar-refractivity contribution is 5.95. The van der Waals surface area contributed by atoms with Crippen molar-refractivity contribution in [2.24, 2.45) is 5.73 Å². The smallest absolute Gasteiger partial charge is 0.258 e. The average Bonchev–Trinajstić information content (AvgIpc) is 3.30. The lowest BCUT2D eigenvalue weighted by atomic mass is 10.1. The normalized spacial score (nSPS) is 16.2. The lowest BCUT2D eigenvalue weighted by Crippen LogP contribution is -2.19. The van der Waals surface area contributed by atoms with Crippen LogP contribution in [0.2, 0.25) is 0 Å². The first-order chi connectivity index (χ1) is 13.1. The van der Waals surface area contributed by atoms with Crippen molar-refractivity contribution in [1.29, 1.82) is 0 Å². The van der Waals surface area contributed by atoms with Gasteiger partial charge in [-0.15, -0.1) is 5.73 Å². The van der Waals surface area contributed by atoms with Gasteiger partial charge in [0.25, 0.3) is 11.8 Å². The summed E-state index contributed by atoms with van der Waals surface area (Å²) in [6.07, 6.45) is 8.97. The molecular formula is C20H19N5O2. The number of anilines is 2. The molecule has 2 aromatic rings. The fourth-order valence-corrected chi connectivity index (χ4v) is 3.17. The summed E-state index contributed by atoms with van der Waals surface area (Å²) in [4.78, 5) is 18.0. The molecule has 0 unspecified atom stereocenters. The maximum absolute atomic E-state index is 11.3. The van der Waals surface area contributed by atoms with E-state index in [1.807, 2.05) is 18.2 Å². The summed E-state index contributed by atoms with van der Waals surface area (Å²) in [7, 11) is 0. The number of benzene rings is 1. The second kappa shape index (κ2) is 6.97. The van der Waals surface area contributed by atoms with E-state index in [0.717, 1.165) is 30.0 Å². The van der Waals surface area contributed by atoms with Crippen LogP contribution in [0.25, 0.3) is 17.0 Å². The van der Waals surface area contributed by atoms with E-state index < -0.39 is 5.91 Å². The number of aromatic nitrogens is 2. The van der Waals surface area contributed by atoms with Crippen molar-refractivity contribution in [2.75, 3.05) is 23.7 Å². The van der Waals surface area contributed by atoms with Crippen LogP contribution in [-0.4, -0.2) is 29.1 Å². The zero-order valence-electron chi connectivity index (χ0n) is 14.7. The molecule has 7 nitrogen and oxygen atoms in total. The summed E-state index contributed by atoms with van der Waals surface area (Å²) in [5, 5.41) is 4.09. The van der Waals surface area contributed by atoms with Crippen LogP contribution in [0.5, 0.6) is 0 Å². The predicted molar refractivity (Wildman–Crippen MR) is 104 cm³/mol. The van der Waals surface area contributed by atoms with Crippen molar-refractivity contribution in [1.82, 2.24) is 10.1 Å². The molecule has 0 atom stereocenters. The zero-order chi connectivity index (χ0) is 18.8. The molecule has 136 valence electrons. The van der Waals surface area contributed by atoms with Crippen LogP contribution in [0.4, 0.5) is 11.4 Å². The van der Waals surface area contributed by atoms with E-state index in [2.05, 4.69) is 20.8 Å². The minimum atomic E-state index is -0.542. The molecule has 4 N–H and O–H groups in total. The first kappa shape index (κ1) is 16.9. The van der Waals surface area contributed by atoms with E-state index in [9.17, 15) is 4.79 Å². The molecule has 1 saturated heterocycles. The molecule has 0 saturated carbocycles. The molecule has 0 spiro atoms. The Morgan fingerprint density at radius 3 is 2.81 bits per heavy atom. The minimum absolute atomic E-state index is 0.287. The van der Waals surface area contributed by atoms with Gasteiger partial charge < -0.3 is 20.9 Å². The summed E-state index contributed by atoms with van der Waals surface area (Å²) >= 11 is 0. The third-order valence-corrected chi connectivity index (χ3v) is 4.61. The highest BCUT2D eigenvalue weighted by Crippen LogP contribution is 2.31. The Morgan fingerprint density at radius 1 is 1.22 bits per heavy atom. The van der Waals surface area contributed by atoms with Crippen LogP contribution in [0.1, 0.15) is 18.7 Å². The standard InChI is InChI=1S/C20H19N5O2/c21-16-9-8-15(12-17(16)25-10-1-2-11-25)19-23-20(27-24-19)14-5-3-4-13(6-7-14)18(22)26/h3,5-9,12H,1-2,10-11,21H2,(H2,22,26). The van der Waals surface area contributed by atoms with Gasteiger partial charge in [-0.1, -0.05) is 5.16 Å². The van der Waals surface area contributed by atoms with Crippen LogP contribution < -0.4 is 16.4 Å². The van der Waals surface area contributed by atoms with Gasteiger partial charge in [-0.3, -0.25) is 4.79 Å². The first-order valence-electron chi connectivity index (χ1n) is 8.75. The number of carbonyl (C=O) groups is 1. The summed E-state index contributed by atoms with van der Waals surface area (Å²) < 4.78 is 5.41. The lowest BCUT2D eigenvalue weighted by Gasteiger charge is -2.20. The van der Waals surface area contributed by atoms with Crippen molar-refractivity contribution in [3.05, 3.63) is 59.7 Å². The lowest BCUT2D eigenvalue weighted by molar-refractivity contribution is -0.114. The first-order valence-corrected chi connectivity index (χ1v) is 8.75. The number of allylic oxidation sites excluding steroid dienone is 3. The second-order valence-electron chi connectivity index (χ2n) is 6.44. The van der Waals surface area contributed by atoms with E-state index in [1.165, 1.54) is 12.8 Å². The van der Waals surface area contributed by atoms with Crippen LogP contribution in [0.3, 0.4) is 0 Å². The van der Waals surface area contributed by atoms with Gasteiger partial charge in [-0.25, -0.2) is 0 Å². The molecule has 4 rings (SSSR count). The number of hydrogen-bond acceptors (Lipinski definition) is 6. The number of nitrogen functional groups attached to an aromatic ring is 1. The number of hydrogen-bond donors (Lipinski definition) is 2. The number of rotatable bonds is 4. The van der Waals surface area contributed by atoms with Gasteiger partial charge in [-0.05, 0) is 55.3 Å². The topological polar surface area (TPSA) is 111 Å². The third-order valence-electron chi connectivity index (χ3n) is 4.61. The second-order valence-corrected chi connectivity index (χ2v) is 6.44. The number of primary amides is 1. The molecule has 1 aromatic heterocycles. The molecule has 0 radical (unpaired) electrons. The summed E-state index contributed by atoms with van der Waals surface area (Å²) in [6, 6.07) is 5.75. The van der Waals surface area contributed by atoms with Crippen molar-refractivity contribution in [3.8, 4) is 11.4 Å². The molecule has 2 aliphatic rings. The molecular weight excluding hydrogens is 342 g/mol. The fraction of sp³-hybridized carbons (Fsp3) is 0.200. The molecule has 1 fully saturated rings. The molecule has 1 aliphatic heterocycles. The third kappa shape index (κ3) is 3.41. The Kier molecular flexibility index (Phi) is 4.36. The van der Waals surface area contributed by atoms with Gasteiger partial charge >= 0.3 is 0 Å². The number of amides is 1. The molecule has 1 amide bonds. The monoisotopic (exact) mass is 361 g/mol. The fourth-order valence-electron chi connectivity index (χ4n) is 3.17. The van der Waals surface area contributed by atoms with Crippen LogP contribution >= 0.6 is 0 Å². The number of carbonyl (C=O) groups excluding carboxylic acids is 1. The van der Waals surface area contributed by atoms with Crippen LogP contribution in [0, 0.1) is 0 Å². The molecule has 7 heteroatoms. The Labute approximate surface area is 156 Å². The summed E-state index contributed by atoms with van der Waals surface area (Å²) in [5.41, 5.74) is 17.8. The Morgan fingerprint density at radius 2 is 2.04 bits per heavy atom. The van der Waals surface area contributed by atoms with Gasteiger partial charge in [0.2, 0.25) is 5.82 Å². The molecule has 27 heavy (non-hydrogen) atoms. The van der Waals surface area contributed by atoms with Crippen LogP contribution in [0.15, 0.2) is 58.3 Å². The van der Waals surface area contributed by atoms with Crippen molar-refractivity contribution in [3.63, 3.8) is 0 Å². The van der Waals surface area contributed by atoms with Crippen LogP contribution in [-0.2, 0) is 4.79 Å². The summed E-state index contributed by atoms with van der Waals surface area (Å²) in [5.74, 6) is 0.292. The van der Waals surface area contributed by atoms with E-state index in [4.69, 9.17) is 16.0 Å². The quantitative estimate of drug-likeness (QED) is 0.639. The maximum Gasteiger partial charge on any atom is 0.258 e. The SMILES string of the molecule is NC(=O)C1=C=CC=C(c2nc(-c3ccc(N)c(N4CCCC4)c3)no2)C=C1. The maximum atomic E-state index is 11.3. The van der Waals surface area contributed by atoms with Gasteiger partial charge in [0.05, 0.1) is 16.9 Å². The molecule has 0 bridgehead atoms. The van der Waals surface area contributed by atoms with Gasteiger partial charge in [-0.2, -0.15) is 4.98 Å². The van der Waals surface area contributed by atoms with Gasteiger partial charge in [0.15, 0.2) is 0 Å². The average molecular weight is 361 g/mol. The molecule has 1 aromatic carbocycles. The Bertz CT molecular complexity index is 1020. The van der Waals surface area contributed by atoms with Gasteiger partial charge in [0, 0.05) is 24.2 Å². The Balaban J connectivity index is 1.61. The zero-order valence-corrected chi connectivity index (χ0v) is 14.7. The highest BCUT2D eigenvalue weighted by Gasteiger charge is 2.18. The molecule has 1 aliphatic carbocycles. The van der Waals surface area contributed by atoms with Crippen molar-refractivity contribution >= 4 is 22.9 Å². The minimum Gasteiger partial charge on any atom is -0.397 e. The number of nitrogens with two attached hydrogens (primary N) is 2. The summed E-state index contributed by atoms with van der Waals surface area (Å²) in [6.45, 7) is 2.01. The van der Waals surface area contributed by atoms with E-state index in [-0.39, 0.29) is 5.57 Å². The number of nitrogens with zero attached hydrogens (tertiary/aromatic N) is 3. The van der Waals surface area contributed by atoms with Crippen molar-refractivity contribution in [2.45, 2.75) is 12.8 Å². The van der Waals surface area contributed by atoms with Crippen molar-refractivity contribution < 1.29 is 9.32 Å². The Hall–Kier alpha value is -3.57.